The van der Waals surface area contributed by atoms with Crippen LogP contribution in [0.25, 0.3) is 4.91 Å². The largest absolute Gasteiger partial charge is 0.497 e. The van der Waals surface area contributed by atoms with Crippen LogP contribution in [0.5, 0.6) is 5.75 Å². The van der Waals surface area contributed by atoms with Gasteiger partial charge in [0.2, 0.25) is 0 Å². The molecule has 0 aliphatic carbocycles. The summed E-state index contributed by atoms with van der Waals surface area (Å²) in [6, 6.07) is 15.4. The lowest BCUT2D eigenvalue weighted by Gasteiger charge is -2.16. The molecule has 156 valence electrons. The molecular weight excluding hydrogens is 414 g/mol. The fourth-order valence-corrected chi connectivity index (χ4v) is 4.38. The SMILES string of the molecule is C=C(C#N)/C=C(\SCNc1ccc(OC)cc1)C(O)CS/C(=C\C)c1ccccn1. The number of nitrogens with one attached hydrogen (secondary N) is 1. The van der Waals surface area contributed by atoms with Crippen molar-refractivity contribution in [3.8, 4) is 11.8 Å². The zero-order valence-electron chi connectivity index (χ0n) is 17.0. The highest BCUT2D eigenvalue weighted by molar-refractivity contribution is 8.08. The number of nitriles is 1. The van der Waals surface area contributed by atoms with Crippen molar-refractivity contribution in [1.82, 2.24) is 4.98 Å². The van der Waals surface area contributed by atoms with E-state index in [2.05, 4.69) is 16.9 Å². The number of aliphatic hydroxyl groups is 1. The van der Waals surface area contributed by atoms with Gasteiger partial charge in [-0.2, -0.15) is 5.26 Å². The first-order chi connectivity index (χ1) is 14.6. The number of pyridine rings is 1. The highest BCUT2D eigenvalue weighted by atomic mass is 32.2. The minimum absolute atomic E-state index is 0.307. The molecule has 2 aromatic rings. The van der Waals surface area contributed by atoms with Gasteiger partial charge in [0.25, 0.3) is 0 Å². The van der Waals surface area contributed by atoms with E-state index in [1.54, 1.807) is 19.4 Å². The van der Waals surface area contributed by atoms with Gasteiger partial charge < -0.3 is 15.2 Å². The Bertz CT molecular complexity index is 920. The third-order valence-corrected chi connectivity index (χ3v) is 6.22. The number of methoxy groups -OCH3 is 1. The lowest BCUT2D eigenvalue weighted by molar-refractivity contribution is 0.245. The fourth-order valence-electron chi connectivity index (χ4n) is 2.41. The van der Waals surface area contributed by atoms with Gasteiger partial charge in [-0.05, 0) is 49.4 Å². The van der Waals surface area contributed by atoms with Crippen LogP contribution >= 0.6 is 23.5 Å². The number of aliphatic hydroxyl groups excluding tert-OH is 1. The first-order valence-corrected chi connectivity index (χ1v) is 11.2. The van der Waals surface area contributed by atoms with Crippen molar-refractivity contribution < 1.29 is 9.84 Å². The number of hydrogen-bond donors (Lipinski definition) is 2. The summed E-state index contributed by atoms with van der Waals surface area (Å²) >= 11 is 2.97. The normalized spacial score (nSPS) is 12.7. The average Bonchev–Trinajstić information content (AvgIpc) is 2.79. The molecule has 0 aliphatic rings. The first kappa shape index (κ1) is 23.6. The van der Waals surface area contributed by atoms with Crippen LogP contribution in [-0.2, 0) is 0 Å². The van der Waals surface area contributed by atoms with Gasteiger partial charge >= 0.3 is 0 Å². The lowest BCUT2D eigenvalue weighted by Crippen LogP contribution is -2.13. The van der Waals surface area contributed by atoms with Crippen molar-refractivity contribution >= 4 is 34.1 Å². The van der Waals surface area contributed by atoms with Crippen LogP contribution in [0.1, 0.15) is 12.6 Å². The third-order valence-electron chi connectivity index (χ3n) is 3.97. The molecule has 0 spiro atoms. The Morgan fingerprint density at radius 1 is 1.30 bits per heavy atom. The molecule has 0 bridgehead atoms. The number of nitrogens with zero attached hydrogens (tertiary/aromatic N) is 2. The number of allylic oxidation sites excluding steroid dienone is 3. The highest BCUT2D eigenvalue weighted by Crippen LogP contribution is 2.30. The van der Waals surface area contributed by atoms with Gasteiger partial charge in [0, 0.05) is 33.0 Å². The summed E-state index contributed by atoms with van der Waals surface area (Å²) < 4.78 is 5.16. The number of thioether (sulfide) groups is 2. The van der Waals surface area contributed by atoms with E-state index in [4.69, 9.17) is 10.00 Å². The average molecular weight is 440 g/mol. The zero-order chi connectivity index (χ0) is 21.8. The molecule has 0 aliphatic heterocycles. The van der Waals surface area contributed by atoms with Crippen molar-refractivity contribution in [2.75, 3.05) is 24.1 Å². The number of anilines is 1. The fraction of sp³-hybridized carbons (Fsp3) is 0.217. The standard InChI is InChI=1S/C23H25N3O2S2/c1-4-22(20-7-5-6-12-25-20)29-15-21(27)23(13-17(2)14-24)30-16-26-18-8-10-19(28-3)11-9-18/h4-13,21,26-27H,2,15-16H2,1,3H3/b22-4-,23-13-. The van der Waals surface area contributed by atoms with Gasteiger partial charge in [-0.25, -0.2) is 0 Å². The number of aromatic nitrogens is 1. The number of benzene rings is 1. The van der Waals surface area contributed by atoms with Gasteiger partial charge in [0.15, 0.2) is 0 Å². The maximum absolute atomic E-state index is 10.8. The van der Waals surface area contributed by atoms with Crippen molar-refractivity contribution in [1.29, 1.82) is 5.26 Å². The Morgan fingerprint density at radius 2 is 2.07 bits per heavy atom. The van der Waals surface area contributed by atoms with E-state index in [-0.39, 0.29) is 0 Å². The number of ether oxygens (including phenoxy) is 1. The Hall–Kier alpha value is -2.66. The smallest absolute Gasteiger partial charge is 0.119 e. The van der Waals surface area contributed by atoms with Crippen LogP contribution in [-0.4, -0.2) is 34.9 Å². The molecule has 1 unspecified atom stereocenters. The molecule has 1 aromatic heterocycles. The maximum atomic E-state index is 10.8. The molecular formula is C23H25N3O2S2. The summed E-state index contributed by atoms with van der Waals surface area (Å²) in [4.78, 5) is 6.04. The molecule has 7 heteroatoms. The van der Waals surface area contributed by atoms with E-state index in [0.29, 0.717) is 22.1 Å². The predicted molar refractivity (Wildman–Crippen MR) is 128 cm³/mol. The van der Waals surface area contributed by atoms with Gasteiger partial charge in [-0.3, -0.25) is 4.98 Å². The van der Waals surface area contributed by atoms with Crippen molar-refractivity contribution in [3.05, 3.63) is 83.6 Å². The minimum atomic E-state index is -0.735. The summed E-state index contributed by atoms with van der Waals surface area (Å²) in [5, 5.41) is 23.1. The second-order valence-electron chi connectivity index (χ2n) is 6.07. The molecule has 30 heavy (non-hydrogen) atoms. The molecule has 0 fully saturated rings. The molecule has 1 aromatic carbocycles. The molecule has 0 saturated carbocycles. The van der Waals surface area contributed by atoms with E-state index < -0.39 is 6.10 Å². The number of hydrogen-bond acceptors (Lipinski definition) is 7. The van der Waals surface area contributed by atoms with Gasteiger partial charge in [0.05, 0.1) is 30.9 Å². The summed E-state index contributed by atoms with van der Waals surface area (Å²) in [5.74, 6) is 1.77. The highest BCUT2D eigenvalue weighted by Gasteiger charge is 2.14. The maximum Gasteiger partial charge on any atom is 0.119 e. The minimum Gasteiger partial charge on any atom is -0.497 e. The summed E-state index contributed by atoms with van der Waals surface area (Å²) in [5.41, 5.74) is 2.12. The van der Waals surface area contributed by atoms with E-state index >= 15 is 0 Å². The summed E-state index contributed by atoms with van der Waals surface area (Å²) in [7, 11) is 1.63. The summed E-state index contributed by atoms with van der Waals surface area (Å²) in [6.07, 6.45) is 4.64. The Kier molecular flexibility index (Phi) is 10.1. The predicted octanol–water partition coefficient (Wildman–Crippen LogP) is 5.31. The monoisotopic (exact) mass is 439 g/mol. The molecule has 2 rings (SSSR count). The van der Waals surface area contributed by atoms with Crippen LogP contribution in [0.15, 0.2) is 77.9 Å². The van der Waals surface area contributed by atoms with E-state index in [9.17, 15) is 5.11 Å². The second kappa shape index (κ2) is 12.8. The first-order valence-electron chi connectivity index (χ1n) is 9.27. The molecule has 5 nitrogen and oxygen atoms in total. The van der Waals surface area contributed by atoms with Crippen LogP contribution in [0.2, 0.25) is 0 Å². The Morgan fingerprint density at radius 3 is 2.67 bits per heavy atom. The topological polar surface area (TPSA) is 78.2 Å². The van der Waals surface area contributed by atoms with Crippen molar-refractivity contribution in [3.63, 3.8) is 0 Å². The Balaban J connectivity index is 1.98. The zero-order valence-corrected chi connectivity index (χ0v) is 18.7. The second-order valence-corrected chi connectivity index (χ2v) is 8.18. The van der Waals surface area contributed by atoms with Gasteiger partial charge in [0.1, 0.15) is 5.75 Å². The van der Waals surface area contributed by atoms with E-state index in [0.717, 1.165) is 22.0 Å². The molecule has 2 N–H and O–H groups in total. The Labute approximate surface area is 186 Å². The molecule has 0 radical (unpaired) electrons. The molecule has 0 amide bonds. The van der Waals surface area contributed by atoms with Crippen molar-refractivity contribution in [2.45, 2.75) is 13.0 Å². The van der Waals surface area contributed by atoms with E-state index in [1.165, 1.54) is 23.5 Å². The quantitative estimate of drug-likeness (QED) is 0.279. The molecule has 0 saturated heterocycles. The molecule has 1 atom stereocenters. The lowest BCUT2D eigenvalue weighted by atomic mass is 10.2. The molecule has 1 heterocycles. The van der Waals surface area contributed by atoms with Crippen LogP contribution in [0, 0.1) is 11.3 Å². The van der Waals surface area contributed by atoms with Crippen LogP contribution < -0.4 is 10.1 Å². The van der Waals surface area contributed by atoms with Crippen LogP contribution in [0.4, 0.5) is 5.69 Å². The van der Waals surface area contributed by atoms with Crippen molar-refractivity contribution in [2.24, 2.45) is 0 Å². The summed E-state index contributed by atoms with van der Waals surface area (Å²) in [6.45, 7) is 5.66. The van der Waals surface area contributed by atoms with E-state index in [1.807, 2.05) is 61.5 Å². The number of rotatable bonds is 11. The van der Waals surface area contributed by atoms with Gasteiger partial charge in [-0.1, -0.05) is 18.7 Å². The third kappa shape index (κ3) is 7.64. The van der Waals surface area contributed by atoms with Gasteiger partial charge in [-0.15, -0.1) is 23.5 Å². The van der Waals surface area contributed by atoms with Crippen LogP contribution in [0.3, 0.4) is 0 Å².